The van der Waals surface area contributed by atoms with Gasteiger partial charge in [-0.15, -0.1) is 0 Å². The van der Waals surface area contributed by atoms with Crippen molar-refractivity contribution in [3.05, 3.63) is 65.0 Å². The molecule has 0 radical (unpaired) electrons. The number of benzene rings is 1. The van der Waals surface area contributed by atoms with Gasteiger partial charge in [0, 0.05) is 31.1 Å². The first kappa shape index (κ1) is 22.3. The van der Waals surface area contributed by atoms with Gasteiger partial charge < -0.3 is 5.32 Å². The van der Waals surface area contributed by atoms with Crippen LogP contribution in [0.3, 0.4) is 0 Å². The van der Waals surface area contributed by atoms with Crippen molar-refractivity contribution in [2.75, 3.05) is 13.7 Å². The molecule has 2 fully saturated rings. The second-order valence-electron chi connectivity index (χ2n) is 8.59. The van der Waals surface area contributed by atoms with Gasteiger partial charge in [0.1, 0.15) is 11.6 Å². The molecule has 0 bridgehead atoms. The lowest BCUT2D eigenvalue weighted by atomic mass is 9.78. The number of nitrogens with one attached hydrogen (secondary N) is 1. The third kappa shape index (κ3) is 4.96. The first-order valence-corrected chi connectivity index (χ1v) is 11.0. The molecular weight excluding hydrogens is 416 g/mol. The van der Waals surface area contributed by atoms with Crippen molar-refractivity contribution in [1.29, 1.82) is 0 Å². The van der Waals surface area contributed by atoms with E-state index < -0.39 is 11.6 Å². The maximum Gasteiger partial charge on any atom is 0.251 e. The van der Waals surface area contributed by atoms with E-state index in [-0.39, 0.29) is 23.8 Å². The Morgan fingerprint density at radius 1 is 1.06 bits per heavy atom. The normalized spacial score (nSPS) is 23.2. The van der Waals surface area contributed by atoms with Gasteiger partial charge in [0.25, 0.3) is 5.91 Å². The highest BCUT2D eigenvalue weighted by atomic mass is 19.1. The van der Waals surface area contributed by atoms with Crippen LogP contribution in [0.5, 0.6) is 0 Å². The van der Waals surface area contributed by atoms with Crippen molar-refractivity contribution in [2.45, 2.75) is 44.6 Å². The molecule has 1 N–H and O–H groups in total. The van der Waals surface area contributed by atoms with Crippen LogP contribution in [0.1, 0.15) is 59.6 Å². The summed E-state index contributed by atoms with van der Waals surface area (Å²) in [7, 11) is 1.52. The zero-order valence-electron chi connectivity index (χ0n) is 18.0. The van der Waals surface area contributed by atoms with Gasteiger partial charge in [-0.05, 0) is 73.4 Å². The van der Waals surface area contributed by atoms with E-state index in [9.17, 15) is 18.4 Å². The summed E-state index contributed by atoms with van der Waals surface area (Å²) in [6, 6.07) is 5.52. The molecule has 2 aliphatic rings. The number of halogens is 2. The van der Waals surface area contributed by atoms with Crippen LogP contribution in [-0.4, -0.2) is 35.5 Å². The Hall–Kier alpha value is -2.87. The molecule has 1 saturated carbocycles. The Labute approximate surface area is 185 Å². The van der Waals surface area contributed by atoms with Crippen LogP contribution in [0.4, 0.5) is 8.78 Å². The average Bonchev–Trinajstić information content (AvgIpc) is 3.28. The molecule has 1 aromatic heterocycles. The van der Waals surface area contributed by atoms with E-state index in [1.807, 2.05) is 0 Å². The fourth-order valence-electron chi connectivity index (χ4n) is 4.77. The van der Waals surface area contributed by atoms with Gasteiger partial charge in [-0.1, -0.05) is 0 Å². The minimum atomic E-state index is -0.431. The van der Waals surface area contributed by atoms with Crippen molar-refractivity contribution in [2.24, 2.45) is 11.8 Å². The topological polar surface area (TPSA) is 71.5 Å². The number of hydroxylamine groups is 2. The zero-order chi connectivity index (χ0) is 22.7. The summed E-state index contributed by atoms with van der Waals surface area (Å²) < 4.78 is 27.5. The SMILES string of the molecule is CNC(=O)c1cc(F)cc(CC2CCC(C(=O)N3OCC[C@H]3c3cncc(F)c3)CC2)c1. The quantitative estimate of drug-likeness (QED) is 0.759. The van der Waals surface area contributed by atoms with E-state index in [4.69, 9.17) is 4.84 Å². The average molecular weight is 443 g/mol. The molecule has 8 heteroatoms. The molecule has 2 aromatic rings. The molecule has 0 unspecified atom stereocenters. The lowest BCUT2D eigenvalue weighted by Gasteiger charge is -2.32. The highest BCUT2D eigenvalue weighted by Gasteiger charge is 2.37. The maximum absolute atomic E-state index is 13.9. The first-order valence-electron chi connectivity index (χ1n) is 11.0. The van der Waals surface area contributed by atoms with E-state index in [2.05, 4.69) is 10.3 Å². The van der Waals surface area contributed by atoms with Gasteiger partial charge in [0.05, 0.1) is 18.8 Å². The summed E-state index contributed by atoms with van der Waals surface area (Å²) in [6.07, 6.45) is 7.10. The third-order valence-electron chi connectivity index (χ3n) is 6.40. The van der Waals surface area contributed by atoms with Crippen molar-refractivity contribution < 1.29 is 23.2 Å². The molecule has 6 nitrogen and oxygen atoms in total. The van der Waals surface area contributed by atoms with Crippen LogP contribution < -0.4 is 5.32 Å². The number of aromatic nitrogens is 1. The van der Waals surface area contributed by atoms with Crippen LogP contribution in [0, 0.1) is 23.5 Å². The predicted molar refractivity (Wildman–Crippen MR) is 113 cm³/mol. The highest BCUT2D eigenvalue weighted by Crippen LogP contribution is 2.37. The number of amides is 2. The zero-order valence-corrected chi connectivity index (χ0v) is 18.0. The van der Waals surface area contributed by atoms with Crippen molar-refractivity contribution in [1.82, 2.24) is 15.4 Å². The van der Waals surface area contributed by atoms with E-state index in [1.165, 1.54) is 30.3 Å². The third-order valence-corrected chi connectivity index (χ3v) is 6.40. The second-order valence-corrected chi connectivity index (χ2v) is 8.59. The number of pyridine rings is 1. The number of rotatable bonds is 5. The molecule has 170 valence electrons. The van der Waals surface area contributed by atoms with Crippen molar-refractivity contribution in [3.8, 4) is 0 Å². The first-order chi connectivity index (χ1) is 15.4. The van der Waals surface area contributed by atoms with E-state index in [0.717, 1.165) is 37.4 Å². The minimum Gasteiger partial charge on any atom is -0.355 e. The van der Waals surface area contributed by atoms with Crippen LogP contribution in [0.15, 0.2) is 36.7 Å². The lowest BCUT2D eigenvalue weighted by Crippen LogP contribution is -2.36. The smallest absolute Gasteiger partial charge is 0.251 e. The van der Waals surface area contributed by atoms with Crippen molar-refractivity contribution >= 4 is 11.8 Å². The van der Waals surface area contributed by atoms with Crippen LogP contribution in [0.25, 0.3) is 0 Å². The Morgan fingerprint density at radius 3 is 2.56 bits per heavy atom. The lowest BCUT2D eigenvalue weighted by molar-refractivity contribution is -0.183. The summed E-state index contributed by atoms with van der Waals surface area (Å²) in [5, 5.41) is 3.92. The number of hydrogen-bond donors (Lipinski definition) is 1. The van der Waals surface area contributed by atoms with Gasteiger partial charge in [-0.2, -0.15) is 0 Å². The molecule has 1 saturated heterocycles. The summed E-state index contributed by atoms with van der Waals surface area (Å²) in [5.41, 5.74) is 1.75. The standard InChI is InChI=1S/C24H27F2N3O3/c1-27-23(30)18-9-16(10-20(25)11-18)8-15-2-4-17(5-3-15)24(31)29-22(6-7-32-29)19-12-21(26)14-28-13-19/h9-15,17,22H,2-8H2,1H3,(H,27,30)/t15?,17?,22-/m0/s1. The largest absolute Gasteiger partial charge is 0.355 e. The maximum atomic E-state index is 13.9. The van der Waals surface area contributed by atoms with Crippen LogP contribution in [0.2, 0.25) is 0 Å². The molecule has 4 rings (SSSR count). The van der Waals surface area contributed by atoms with Gasteiger partial charge in [-0.25, -0.2) is 13.8 Å². The monoisotopic (exact) mass is 443 g/mol. The fourth-order valence-corrected chi connectivity index (χ4v) is 4.77. The Bertz CT molecular complexity index is 992. The Kier molecular flexibility index (Phi) is 6.79. The summed E-state index contributed by atoms with van der Waals surface area (Å²) in [6.45, 7) is 0.412. The molecule has 1 atom stereocenters. The number of carbonyl (C=O) groups is 2. The van der Waals surface area contributed by atoms with Gasteiger partial charge >= 0.3 is 0 Å². The molecule has 0 spiro atoms. The molecule has 1 aliphatic carbocycles. The van der Waals surface area contributed by atoms with E-state index in [0.29, 0.717) is 36.5 Å². The minimum absolute atomic E-state index is 0.0668. The van der Waals surface area contributed by atoms with Crippen LogP contribution >= 0.6 is 0 Å². The highest BCUT2D eigenvalue weighted by molar-refractivity contribution is 5.94. The summed E-state index contributed by atoms with van der Waals surface area (Å²) in [5.74, 6) is -1.06. The Morgan fingerprint density at radius 2 is 1.84 bits per heavy atom. The summed E-state index contributed by atoms with van der Waals surface area (Å²) >= 11 is 0. The predicted octanol–water partition coefficient (Wildman–Crippen LogP) is 3.97. The van der Waals surface area contributed by atoms with Gasteiger partial charge in [0.2, 0.25) is 5.91 Å². The number of carbonyl (C=O) groups excluding carboxylic acids is 2. The van der Waals surface area contributed by atoms with Crippen LogP contribution in [-0.2, 0) is 16.1 Å². The second kappa shape index (κ2) is 9.73. The summed E-state index contributed by atoms with van der Waals surface area (Å²) in [4.78, 5) is 34.5. The van der Waals surface area contributed by atoms with Crippen molar-refractivity contribution in [3.63, 3.8) is 0 Å². The molecule has 2 heterocycles. The van der Waals surface area contributed by atoms with Gasteiger partial charge in [-0.3, -0.25) is 19.4 Å². The van der Waals surface area contributed by atoms with E-state index >= 15 is 0 Å². The van der Waals surface area contributed by atoms with Gasteiger partial charge in [0.15, 0.2) is 0 Å². The number of nitrogens with zero attached hydrogens (tertiary/aromatic N) is 2. The molecular formula is C24H27F2N3O3. The molecule has 2 amide bonds. The Balaban J connectivity index is 1.36. The molecule has 1 aromatic carbocycles. The number of hydrogen-bond acceptors (Lipinski definition) is 4. The fraction of sp³-hybridized carbons (Fsp3) is 0.458. The molecule has 1 aliphatic heterocycles. The molecule has 32 heavy (non-hydrogen) atoms. The van der Waals surface area contributed by atoms with E-state index in [1.54, 1.807) is 12.3 Å².